The van der Waals surface area contributed by atoms with Crippen LogP contribution >= 0.6 is 0 Å². The lowest BCUT2D eigenvalue weighted by molar-refractivity contribution is 0.0537. The van der Waals surface area contributed by atoms with E-state index >= 15 is 0 Å². The standard InChI is InChI=1S/C19H19N3O4/c23-19(16-7-4-9-25-16)22-11-15(12-22)18-20-17(21-26-18)8-10-24-13-14-5-2-1-3-6-14/h1-7,9,15H,8,10-13H2. The van der Waals surface area contributed by atoms with Crippen molar-refractivity contribution in [2.45, 2.75) is 18.9 Å². The highest BCUT2D eigenvalue weighted by Crippen LogP contribution is 2.27. The molecule has 0 saturated carbocycles. The Morgan fingerprint density at radius 2 is 2.04 bits per heavy atom. The molecule has 3 heterocycles. The maximum Gasteiger partial charge on any atom is 0.289 e. The van der Waals surface area contributed by atoms with Gasteiger partial charge >= 0.3 is 0 Å². The molecule has 134 valence electrons. The maximum atomic E-state index is 12.1. The Labute approximate surface area is 150 Å². The average molecular weight is 353 g/mol. The van der Waals surface area contributed by atoms with Crippen molar-refractivity contribution in [3.8, 4) is 0 Å². The molecule has 0 unspecified atom stereocenters. The third-order valence-corrected chi connectivity index (χ3v) is 4.32. The van der Waals surface area contributed by atoms with Crippen LogP contribution in [0.2, 0.25) is 0 Å². The number of amides is 1. The van der Waals surface area contributed by atoms with Gasteiger partial charge in [-0.1, -0.05) is 35.5 Å². The van der Waals surface area contributed by atoms with Crippen molar-refractivity contribution < 1.29 is 18.5 Å². The van der Waals surface area contributed by atoms with Crippen LogP contribution in [0.4, 0.5) is 0 Å². The molecule has 1 saturated heterocycles. The van der Waals surface area contributed by atoms with E-state index in [0.29, 0.717) is 50.2 Å². The van der Waals surface area contributed by atoms with Gasteiger partial charge in [-0.15, -0.1) is 0 Å². The fraction of sp³-hybridized carbons (Fsp3) is 0.316. The van der Waals surface area contributed by atoms with E-state index in [2.05, 4.69) is 10.1 Å². The smallest absolute Gasteiger partial charge is 0.289 e. The molecule has 0 aliphatic carbocycles. The number of furan rings is 1. The normalized spacial score (nSPS) is 14.4. The Morgan fingerprint density at radius 1 is 1.19 bits per heavy atom. The van der Waals surface area contributed by atoms with Crippen molar-refractivity contribution in [3.05, 3.63) is 71.8 Å². The summed E-state index contributed by atoms with van der Waals surface area (Å²) in [6.45, 7) is 2.22. The molecule has 1 aliphatic rings. The van der Waals surface area contributed by atoms with Crippen LogP contribution in [0.3, 0.4) is 0 Å². The fourth-order valence-corrected chi connectivity index (χ4v) is 2.82. The molecule has 3 aromatic rings. The first-order valence-corrected chi connectivity index (χ1v) is 8.56. The highest BCUT2D eigenvalue weighted by atomic mass is 16.5. The number of ether oxygens (including phenoxy) is 1. The van der Waals surface area contributed by atoms with Gasteiger partial charge in [0.05, 0.1) is 25.4 Å². The minimum absolute atomic E-state index is 0.0837. The number of carbonyl (C=O) groups excluding carboxylic acids is 1. The lowest BCUT2D eigenvalue weighted by Crippen LogP contribution is -2.48. The summed E-state index contributed by atoms with van der Waals surface area (Å²) in [7, 11) is 0. The number of rotatable bonds is 7. The van der Waals surface area contributed by atoms with Crippen LogP contribution in [0, 0.1) is 0 Å². The van der Waals surface area contributed by atoms with Crippen LogP contribution < -0.4 is 0 Å². The molecule has 4 rings (SSSR count). The number of likely N-dealkylation sites (tertiary alicyclic amines) is 1. The van der Waals surface area contributed by atoms with Gasteiger partial charge in [-0.25, -0.2) is 0 Å². The Kier molecular flexibility index (Phi) is 4.79. The average Bonchev–Trinajstić information content (AvgIpc) is 3.30. The number of aromatic nitrogens is 2. The summed E-state index contributed by atoms with van der Waals surface area (Å²) in [6, 6.07) is 13.4. The molecule has 1 aliphatic heterocycles. The van der Waals surface area contributed by atoms with E-state index in [1.54, 1.807) is 17.0 Å². The van der Waals surface area contributed by atoms with Crippen LogP contribution in [0.15, 0.2) is 57.7 Å². The van der Waals surface area contributed by atoms with Gasteiger partial charge in [-0.3, -0.25) is 4.79 Å². The molecule has 0 bridgehead atoms. The molecule has 0 N–H and O–H groups in total. The summed E-state index contributed by atoms with van der Waals surface area (Å²) in [5.74, 6) is 1.53. The summed E-state index contributed by atoms with van der Waals surface area (Å²) in [4.78, 5) is 18.2. The molecule has 26 heavy (non-hydrogen) atoms. The minimum Gasteiger partial charge on any atom is -0.459 e. The summed E-state index contributed by atoms with van der Waals surface area (Å²) in [6.07, 6.45) is 2.09. The van der Waals surface area contributed by atoms with Gasteiger partial charge in [-0.05, 0) is 17.7 Å². The highest BCUT2D eigenvalue weighted by molar-refractivity contribution is 5.92. The molecule has 0 radical (unpaired) electrons. The molecular weight excluding hydrogens is 334 g/mol. The van der Waals surface area contributed by atoms with Gasteiger partial charge in [0.15, 0.2) is 11.6 Å². The quantitative estimate of drug-likeness (QED) is 0.608. The van der Waals surface area contributed by atoms with Gasteiger partial charge in [0, 0.05) is 19.5 Å². The second-order valence-corrected chi connectivity index (χ2v) is 6.22. The van der Waals surface area contributed by atoms with E-state index in [-0.39, 0.29) is 11.8 Å². The zero-order valence-corrected chi connectivity index (χ0v) is 14.2. The van der Waals surface area contributed by atoms with E-state index in [1.807, 2.05) is 30.3 Å². The summed E-state index contributed by atoms with van der Waals surface area (Å²) in [5.41, 5.74) is 1.14. The van der Waals surface area contributed by atoms with E-state index in [1.165, 1.54) is 6.26 Å². The Hall–Kier alpha value is -2.93. The van der Waals surface area contributed by atoms with Crippen LogP contribution in [0.5, 0.6) is 0 Å². The number of carbonyl (C=O) groups is 1. The third kappa shape index (κ3) is 3.67. The lowest BCUT2D eigenvalue weighted by Gasteiger charge is -2.36. The van der Waals surface area contributed by atoms with Crippen LogP contribution in [-0.2, 0) is 17.8 Å². The molecule has 0 spiro atoms. The van der Waals surface area contributed by atoms with Gasteiger partial charge in [0.1, 0.15) is 0 Å². The molecule has 2 aromatic heterocycles. The van der Waals surface area contributed by atoms with E-state index in [4.69, 9.17) is 13.7 Å². The predicted octanol–water partition coefficient (Wildman–Crippen LogP) is 2.66. The van der Waals surface area contributed by atoms with Crippen molar-refractivity contribution in [3.63, 3.8) is 0 Å². The lowest BCUT2D eigenvalue weighted by atomic mass is 10.00. The summed E-state index contributed by atoms with van der Waals surface area (Å²) >= 11 is 0. The summed E-state index contributed by atoms with van der Waals surface area (Å²) in [5, 5.41) is 4.00. The SMILES string of the molecule is O=C(c1ccco1)N1CC(c2nc(CCOCc3ccccc3)no2)C1. The first-order chi connectivity index (χ1) is 12.8. The molecule has 7 heteroatoms. The first kappa shape index (κ1) is 16.5. The first-order valence-electron chi connectivity index (χ1n) is 8.56. The molecule has 1 amide bonds. The van der Waals surface area contributed by atoms with Gasteiger partial charge in [0.2, 0.25) is 5.89 Å². The topological polar surface area (TPSA) is 81.6 Å². The highest BCUT2D eigenvalue weighted by Gasteiger charge is 2.36. The van der Waals surface area contributed by atoms with E-state index in [0.717, 1.165) is 5.56 Å². The van der Waals surface area contributed by atoms with Crippen LogP contribution in [-0.4, -0.2) is 40.6 Å². The van der Waals surface area contributed by atoms with E-state index in [9.17, 15) is 4.79 Å². The molecular formula is C19H19N3O4. The van der Waals surface area contributed by atoms with Crippen molar-refractivity contribution >= 4 is 5.91 Å². The Morgan fingerprint density at radius 3 is 2.81 bits per heavy atom. The minimum atomic E-state index is -0.111. The largest absolute Gasteiger partial charge is 0.459 e. The van der Waals surface area contributed by atoms with Crippen molar-refractivity contribution in [1.82, 2.24) is 15.0 Å². The zero-order valence-electron chi connectivity index (χ0n) is 14.2. The Bertz CT molecular complexity index is 839. The van der Waals surface area contributed by atoms with Crippen LogP contribution in [0.25, 0.3) is 0 Å². The number of benzene rings is 1. The molecule has 1 aromatic carbocycles. The van der Waals surface area contributed by atoms with Gasteiger partial charge < -0.3 is 18.6 Å². The summed E-state index contributed by atoms with van der Waals surface area (Å²) < 4.78 is 16.1. The molecule has 7 nitrogen and oxygen atoms in total. The third-order valence-electron chi connectivity index (χ3n) is 4.32. The second kappa shape index (κ2) is 7.53. The maximum absolute atomic E-state index is 12.1. The Balaban J connectivity index is 1.21. The number of nitrogens with zero attached hydrogens (tertiary/aromatic N) is 3. The van der Waals surface area contributed by atoms with Gasteiger partial charge in [-0.2, -0.15) is 4.98 Å². The van der Waals surface area contributed by atoms with Gasteiger partial charge in [0.25, 0.3) is 5.91 Å². The van der Waals surface area contributed by atoms with Crippen molar-refractivity contribution in [2.24, 2.45) is 0 Å². The number of hydrogen-bond donors (Lipinski definition) is 0. The zero-order chi connectivity index (χ0) is 17.8. The van der Waals surface area contributed by atoms with Crippen molar-refractivity contribution in [2.75, 3.05) is 19.7 Å². The molecule has 0 atom stereocenters. The number of hydrogen-bond acceptors (Lipinski definition) is 6. The van der Waals surface area contributed by atoms with Crippen molar-refractivity contribution in [1.29, 1.82) is 0 Å². The fourth-order valence-electron chi connectivity index (χ4n) is 2.82. The predicted molar refractivity (Wildman–Crippen MR) is 91.5 cm³/mol. The second-order valence-electron chi connectivity index (χ2n) is 6.22. The monoisotopic (exact) mass is 353 g/mol. The van der Waals surface area contributed by atoms with E-state index < -0.39 is 0 Å². The van der Waals surface area contributed by atoms with Crippen LogP contribution in [0.1, 0.15) is 33.8 Å². The molecule has 1 fully saturated rings.